The molecule has 0 aliphatic heterocycles. The van der Waals surface area contributed by atoms with Crippen LogP contribution in [0, 0.1) is 5.92 Å². The number of nitrogens with one attached hydrogen (secondary N) is 1. The Kier molecular flexibility index (Phi) is 5.73. The summed E-state index contributed by atoms with van der Waals surface area (Å²) in [4.78, 5) is 23.1. The van der Waals surface area contributed by atoms with Crippen LogP contribution >= 0.6 is 0 Å². The molecule has 0 fully saturated rings. The van der Waals surface area contributed by atoms with Gasteiger partial charge in [0.25, 0.3) is 5.91 Å². The highest BCUT2D eigenvalue weighted by molar-refractivity contribution is 5.97. The van der Waals surface area contributed by atoms with Gasteiger partial charge in [-0.15, -0.1) is 0 Å². The molecule has 0 saturated carbocycles. The minimum Gasteiger partial charge on any atom is -0.480 e. The molecule has 1 aromatic rings. The van der Waals surface area contributed by atoms with Gasteiger partial charge in [-0.3, -0.25) is 9.48 Å². The van der Waals surface area contributed by atoms with Crippen LogP contribution < -0.4 is 5.32 Å². The average molecular weight is 281 g/mol. The van der Waals surface area contributed by atoms with Crippen LogP contribution in [0.4, 0.5) is 0 Å². The van der Waals surface area contributed by atoms with Gasteiger partial charge in [-0.1, -0.05) is 27.7 Å². The van der Waals surface area contributed by atoms with Gasteiger partial charge in [0, 0.05) is 6.54 Å². The number of carboxylic acids is 1. The number of hydrogen-bond donors (Lipinski definition) is 2. The third-order valence-electron chi connectivity index (χ3n) is 3.08. The van der Waals surface area contributed by atoms with Crippen molar-refractivity contribution in [1.29, 1.82) is 0 Å². The highest BCUT2D eigenvalue weighted by Gasteiger charge is 2.22. The highest BCUT2D eigenvalue weighted by Crippen LogP contribution is 2.12. The van der Waals surface area contributed by atoms with Crippen LogP contribution in [0.5, 0.6) is 0 Å². The fraction of sp³-hybridized carbons (Fsp3) is 0.643. The first-order valence-corrected chi connectivity index (χ1v) is 6.98. The summed E-state index contributed by atoms with van der Waals surface area (Å²) in [6, 6.07) is -0.861. The van der Waals surface area contributed by atoms with E-state index in [0.29, 0.717) is 24.3 Å². The largest absolute Gasteiger partial charge is 0.480 e. The van der Waals surface area contributed by atoms with Gasteiger partial charge in [0.2, 0.25) is 0 Å². The van der Waals surface area contributed by atoms with Gasteiger partial charge in [0.15, 0.2) is 0 Å². The van der Waals surface area contributed by atoms with Gasteiger partial charge in [0.05, 0.1) is 17.5 Å². The van der Waals surface area contributed by atoms with Gasteiger partial charge in [-0.2, -0.15) is 5.10 Å². The Balaban J connectivity index is 2.93. The zero-order valence-corrected chi connectivity index (χ0v) is 12.5. The molecule has 0 radical (unpaired) electrons. The molecule has 0 bridgehead atoms. The molecule has 6 nitrogen and oxygen atoms in total. The van der Waals surface area contributed by atoms with E-state index in [1.165, 1.54) is 6.20 Å². The Hall–Kier alpha value is -1.85. The number of carbonyl (C=O) groups is 2. The smallest absolute Gasteiger partial charge is 0.326 e. The molecule has 0 aliphatic carbocycles. The maximum atomic E-state index is 12.2. The highest BCUT2D eigenvalue weighted by atomic mass is 16.4. The summed E-state index contributed by atoms with van der Waals surface area (Å²) in [5.74, 6) is -0.960. The zero-order chi connectivity index (χ0) is 15.3. The predicted octanol–water partition coefficient (Wildman–Crippen LogP) is 1.69. The fourth-order valence-corrected chi connectivity index (χ4v) is 2.05. The number of carboxylic acid groups (broad SMARTS) is 1. The Morgan fingerprint density at radius 3 is 2.50 bits per heavy atom. The van der Waals surface area contributed by atoms with Crippen LogP contribution in [0.3, 0.4) is 0 Å². The van der Waals surface area contributed by atoms with Crippen molar-refractivity contribution in [3.05, 3.63) is 17.5 Å². The van der Waals surface area contributed by atoms with Crippen molar-refractivity contribution >= 4 is 11.9 Å². The number of aromatic nitrogens is 2. The van der Waals surface area contributed by atoms with Crippen LogP contribution in [0.1, 0.15) is 50.2 Å². The molecule has 0 spiro atoms. The van der Waals surface area contributed by atoms with E-state index in [0.717, 1.165) is 12.2 Å². The van der Waals surface area contributed by atoms with Crippen molar-refractivity contribution in [1.82, 2.24) is 15.1 Å². The Morgan fingerprint density at radius 1 is 1.40 bits per heavy atom. The topological polar surface area (TPSA) is 84.2 Å². The van der Waals surface area contributed by atoms with Crippen LogP contribution in [-0.4, -0.2) is 32.8 Å². The van der Waals surface area contributed by atoms with E-state index in [2.05, 4.69) is 24.3 Å². The van der Waals surface area contributed by atoms with Crippen molar-refractivity contribution in [2.45, 2.75) is 53.1 Å². The Morgan fingerprint density at radius 2 is 2.05 bits per heavy atom. The second-order valence-electron chi connectivity index (χ2n) is 5.21. The summed E-state index contributed by atoms with van der Waals surface area (Å²) in [6.45, 7) is 8.59. The molecule has 1 unspecified atom stereocenters. The maximum Gasteiger partial charge on any atom is 0.326 e. The number of hydrogen-bond acceptors (Lipinski definition) is 3. The Bertz CT molecular complexity index is 480. The van der Waals surface area contributed by atoms with Crippen molar-refractivity contribution in [2.75, 3.05) is 0 Å². The van der Waals surface area contributed by atoms with Crippen LogP contribution in [-0.2, 0) is 17.8 Å². The standard InChI is InChI=1S/C14H23N3O3/c1-5-11(14(19)20)16-13(18)10-7-15-17(8-9(3)4)12(10)6-2/h7,9,11H,5-6,8H2,1-4H3,(H,16,18)(H,19,20). The third kappa shape index (κ3) is 3.82. The summed E-state index contributed by atoms with van der Waals surface area (Å²) in [5, 5.41) is 15.8. The van der Waals surface area contributed by atoms with Crippen LogP contribution in [0.15, 0.2) is 6.20 Å². The molecule has 0 saturated heterocycles. The van der Waals surface area contributed by atoms with E-state index in [-0.39, 0.29) is 5.91 Å². The van der Waals surface area contributed by atoms with Gasteiger partial charge >= 0.3 is 5.97 Å². The van der Waals surface area contributed by atoms with E-state index < -0.39 is 12.0 Å². The molecule has 0 aliphatic rings. The summed E-state index contributed by atoms with van der Waals surface area (Å²) in [6.07, 6.45) is 2.55. The molecule has 112 valence electrons. The number of rotatable bonds is 7. The van der Waals surface area contributed by atoms with E-state index >= 15 is 0 Å². The molecular weight excluding hydrogens is 258 g/mol. The molecule has 1 amide bonds. The van der Waals surface area contributed by atoms with Crippen molar-refractivity contribution in [3.8, 4) is 0 Å². The second-order valence-corrected chi connectivity index (χ2v) is 5.21. The average Bonchev–Trinajstić information content (AvgIpc) is 2.77. The normalized spacial score (nSPS) is 12.4. The van der Waals surface area contributed by atoms with E-state index in [4.69, 9.17) is 5.11 Å². The lowest BCUT2D eigenvalue weighted by atomic mass is 10.1. The minimum absolute atomic E-state index is 0.350. The summed E-state index contributed by atoms with van der Waals surface area (Å²) >= 11 is 0. The Labute approximate surface area is 119 Å². The molecule has 1 atom stereocenters. The zero-order valence-electron chi connectivity index (χ0n) is 12.5. The minimum atomic E-state index is -1.02. The van der Waals surface area contributed by atoms with Crippen molar-refractivity contribution in [3.63, 3.8) is 0 Å². The summed E-state index contributed by atoms with van der Waals surface area (Å²) in [5.41, 5.74) is 1.31. The van der Waals surface area contributed by atoms with Gasteiger partial charge < -0.3 is 10.4 Å². The molecule has 2 N–H and O–H groups in total. The summed E-state index contributed by atoms with van der Waals surface area (Å²) < 4.78 is 1.82. The number of nitrogens with zero attached hydrogens (tertiary/aromatic N) is 2. The van der Waals surface area contributed by atoms with E-state index in [9.17, 15) is 9.59 Å². The third-order valence-corrected chi connectivity index (χ3v) is 3.08. The molecule has 1 heterocycles. The van der Waals surface area contributed by atoms with Crippen LogP contribution in [0.25, 0.3) is 0 Å². The van der Waals surface area contributed by atoms with Crippen LogP contribution in [0.2, 0.25) is 0 Å². The lowest BCUT2D eigenvalue weighted by molar-refractivity contribution is -0.139. The van der Waals surface area contributed by atoms with E-state index in [1.807, 2.05) is 11.6 Å². The molecule has 6 heteroatoms. The monoisotopic (exact) mass is 281 g/mol. The van der Waals surface area contributed by atoms with Crippen molar-refractivity contribution in [2.24, 2.45) is 5.92 Å². The van der Waals surface area contributed by atoms with Gasteiger partial charge in [-0.05, 0) is 18.8 Å². The predicted molar refractivity (Wildman–Crippen MR) is 75.6 cm³/mol. The summed E-state index contributed by atoms with van der Waals surface area (Å²) in [7, 11) is 0. The second kappa shape index (κ2) is 7.07. The molecule has 20 heavy (non-hydrogen) atoms. The van der Waals surface area contributed by atoms with E-state index in [1.54, 1.807) is 6.92 Å². The van der Waals surface area contributed by atoms with Crippen molar-refractivity contribution < 1.29 is 14.7 Å². The first-order chi connectivity index (χ1) is 9.40. The maximum absolute atomic E-state index is 12.2. The lowest BCUT2D eigenvalue weighted by Crippen LogP contribution is -2.40. The first-order valence-electron chi connectivity index (χ1n) is 6.98. The first kappa shape index (κ1) is 16.2. The number of aliphatic carboxylic acids is 1. The van der Waals surface area contributed by atoms with Gasteiger partial charge in [-0.25, -0.2) is 4.79 Å². The van der Waals surface area contributed by atoms with Gasteiger partial charge in [0.1, 0.15) is 6.04 Å². The SMILES string of the molecule is CCc1c(C(=O)NC(CC)C(=O)O)cnn1CC(C)C. The molecular formula is C14H23N3O3. The quantitative estimate of drug-likeness (QED) is 0.796. The lowest BCUT2D eigenvalue weighted by Gasteiger charge is -2.13. The number of carbonyl (C=O) groups excluding carboxylic acids is 1. The fourth-order valence-electron chi connectivity index (χ4n) is 2.05. The number of amides is 1. The molecule has 0 aromatic carbocycles. The molecule has 1 aromatic heterocycles. The molecule has 1 rings (SSSR count).